The van der Waals surface area contributed by atoms with E-state index in [0.29, 0.717) is 5.75 Å². The van der Waals surface area contributed by atoms with Gasteiger partial charge in [0.2, 0.25) is 0 Å². The monoisotopic (exact) mass is 308 g/mol. The van der Waals surface area contributed by atoms with E-state index in [4.69, 9.17) is 19.0 Å². The predicted octanol–water partition coefficient (Wildman–Crippen LogP) is 3.35. The summed E-state index contributed by atoms with van der Waals surface area (Å²) in [6.07, 6.45) is 2.45. The average molecular weight is 308 g/mol. The Morgan fingerprint density at radius 2 is 1.68 bits per heavy atom. The number of hydrogen-bond acceptors (Lipinski definition) is 5. The Labute approximate surface area is 133 Å². The van der Waals surface area contributed by atoms with Gasteiger partial charge in [0.25, 0.3) is 0 Å². The van der Waals surface area contributed by atoms with E-state index >= 15 is 0 Å². The van der Waals surface area contributed by atoms with Crippen LogP contribution in [0, 0.1) is 6.07 Å². The molecule has 1 saturated heterocycles. The van der Waals surface area contributed by atoms with Gasteiger partial charge in [-0.05, 0) is 39.7 Å². The maximum atomic E-state index is 5.75. The first-order chi connectivity index (χ1) is 10.6. The lowest BCUT2D eigenvalue weighted by Gasteiger charge is -2.30. The zero-order chi connectivity index (χ0) is 15.8. The quantitative estimate of drug-likeness (QED) is 0.689. The van der Waals surface area contributed by atoms with Gasteiger partial charge >= 0.3 is 0 Å². The Hall–Kier alpha value is -1.14. The summed E-state index contributed by atoms with van der Waals surface area (Å²) < 4.78 is 16.9. The summed E-state index contributed by atoms with van der Waals surface area (Å²) in [6, 6.07) is 10.4. The SMILES string of the molecule is CC(Oc1[c]cccc1)OC(C)OC(C)ON1CCCCC1. The molecule has 0 saturated carbocycles. The third-order valence-corrected chi connectivity index (χ3v) is 3.35. The molecule has 0 aromatic heterocycles. The fraction of sp³-hybridized carbons (Fsp3) is 0.647. The molecule has 5 heteroatoms. The van der Waals surface area contributed by atoms with Crippen LogP contribution in [-0.4, -0.2) is 37.0 Å². The highest BCUT2D eigenvalue weighted by Crippen LogP contribution is 2.14. The third kappa shape index (κ3) is 6.32. The van der Waals surface area contributed by atoms with Crippen LogP contribution < -0.4 is 4.74 Å². The molecule has 3 unspecified atom stereocenters. The minimum absolute atomic E-state index is 0.344. The largest absolute Gasteiger partial charge is 0.465 e. The number of ether oxygens (including phenoxy) is 3. The van der Waals surface area contributed by atoms with Crippen LogP contribution in [0.5, 0.6) is 5.75 Å². The highest BCUT2D eigenvalue weighted by atomic mass is 16.8. The van der Waals surface area contributed by atoms with Crippen LogP contribution in [0.15, 0.2) is 24.3 Å². The fourth-order valence-corrected chi connectivity index (χ4v) is 2.43. The van der Waals surface area contributed by atoms with Gasteiger partial charge in [-0.3, -0.25) is 4.84 Å². The minimum Gasteiger partial charge on any atom is -0.465 e. The maximum absolute atomic E-state index is 5.75. The molecule has 123 valence electrons. The Kier molecular flexibility index (Phi) is 7.12. The van der Waals surface area contributed by atoms with Crippen LogP contribution in [0.2, 0.25) is 0 Å². The van der Waals surface area contributed by atoms with E-state index in [0.717, 1.165) is 13.1 Å². The van der Waals surface area contributed by atoms with Crippen molar-refractivity contribution in [2.75, 3.05) is 13.1 Å². The number of benzene rings is 1. The van der Waals surface area contributed by atoms with Crippen LogP contribution in [0.4, 0.5) is 0 Å². The molecule has 0 spiro atoms. The van der Waals surface area contributed by atoms with Crippen molar-refractivity contribution >= 4 is 0 Å². The third-order valence-electron chi connectivity index (χ3n) is 3.35. The normalized spacial score (nSPS) is 20.3. The van der Waals surface area contributed by atoms with Crippen molar-refractivity contribution in [2.45, 2.75) is 58.9 Å². The lowest BCUT2D eigenvalue weighted by molar-refractivity contribution is -0.327. The van der Waals surface area contributed by atoms with Crippen LogP contribution in [0.25, 0.3) is 0 Å². The molecule has 1 aromatic carbocycles. The maximum Gasteiger partial charge on any atom is 0.199 e. The lowest BCUT2D eigenvalue weighted by Crippen LogP contribution is -2.36. The van der Waals surface area contributed by atoms with Gasteiger partial charge in [0, 0.05) is 19.2 Å². The first-order valence-corrected chi connectivity index (χ1v) is 7.99. The molecule has 1 fully saturated rings. The summed E-state index contributed by atoms with van der Waals surface area (Å²) in [5.74, 6) is 0.653. The van der Waals surface area contributed by atoms with E-state index in [-0.39, 0.29) is 6.29 Å². The van der Waals surface area contributed by atoms with E-state index < -0.39 is 12.6 Å². The second-order valence-corrected chi connectivity index (χ2v) is 5.41. The number of hydrogen-bond donors (Lipinski definition) is 0. The molecule has 0 amide bonds. The minimum atomic E-state index is -0.421. The van der Waals surface area contributed by atoms with Crippen molar-refractivity contribution in [3.63, 3.8) is 0 Å². The number of para-hydroxylation sites is 1. The van der Waals surface area contributed by atoms with E-state index in [2.05, 4.69) is 6.07 Å². The summed E-state index contributed by atoms with van der Waals surface area (Å²) in [5.41, 5.74) is 0. The molecule has 3 atom stereocenters. The first-order valence-electron chi connectivity index (χ1n) is 7.99. The van der Waals surface area contributed by atoms with Gasteiger partial charge in [-0.2, -0.15) is 5.06 Å². The van der Waals surface area contributed by atoms with Gasteiger partial charge in [0.05, 0.1) is 0 Å². The highest BCUT2D eigenvalue weighted by Gasteiger charge is 2.18. The van der Waals surface area contributed by atoms with Gasteiger partial charge in [-0.25, -0.2) is 0 Å². The van der Waals surface area contributed by atoms with Crippen molar-refractivity contribution in [3.8, 4) is 5.75 Å². The molecular formula is C17H26NO4. The summed E-state index contributed by atoms with van der Waals surface area (Å²) in [4.78, 5) is 5.75. The summed E-state index contributed by atoms with van der Waals surface area (Å²) in [5, 5.41) is 1.97. The van der Waals surface area contributed by atoms with Crippen LogP contribution in [-0.2, 0) is 14.3 Å². The molecule has 0 bridgehead atoms. The second-order valence-electron chi connectivity index (χ2n) is 5.41. The molecule has 2 rings (SSSR count). The van der Waals surface area contributed by atoms with Gasteiger partial charge in [-0.1, -0.05) is 24.6 Å². The molecule has 1 radical (unpaired) electrons. The Bertz CT molecular complexity index is 408. The molecule has 5 nitrogen and oxygen atoms in total. The van der Waals surface area contributed by atoms with Gasteiger partial charge < -0.3 is 14.2 Å². The average Bonchev–Trinajstić information content (AvgIpc) is 2.48. The number of rotatable bonds is 8. The smallest absolute Gasteiger partial charge is 0.199 e. The Morgan fingerprint density at radius 1 is 0.955 bits per heavy atom. The summed E-state index contributed by atoms with van der Waals surface area (Å²) >= 11 is 0. The van der Waals surface area contributed by atoms with Crippen LogP contribution >= 0.6 is 0 Å². The van der Waals surface area contributed by atoms with Crippen molar-refractivity contribution in [1.82, 2.24) is 5.06 Å². The molecule has 1 aliphatic rings. The van der Waals surface area contributed by atoms with E-state index in [1.54, 1.807) is 6.07 Å². The van der Waals surface area contributed by atoms with Gasteiger partial charge in [-0.15, -0.1) is 0 Å². The number of nitrogens with zero attached hydrogens (tertiary/aromatic N) is 1. The molecule has 22 heavy (non-hydrogen) atoms. The van der Waals surface area contributed by atoms with E-state index in [1.807, 2.05) is 44.0 Å². The molecule has 1 heterocycles. The number of piperidine rings is 1. The summed E-state index contributed by atoms with van der Waals surface area (Å²) in [7, 11) is 0. The molecule has 0 N–H and O–H groups in total. The standard InChI is InChI=1S/C17H26NO4/c1-14(19-15(2)21-17-10-6-4-7-11-17)20-16(3)22-18-12-8-5-9-13-18/h4,6-7,10,14-16H,5,8-9,12-13H2,1-3H3. The second kappa shape index (κ2) is 9.10. The van der Waals surface area contributed by atoms with Crippen LogP contribution in [0.1, 0.15) is 40.0 Å². The van der Waals surface area contributed by atoms with E-state index in [9.17, 15) is 0 Å². The van der Waals surface area contributed by atoms with Crippen molar-refractivity contribution in [1.29, 1.82) is 0 Å². The van der Waals surface area contributed by atoms with Gasteiger partial charge in [0.15, 0.2) is 18.9 Å². The van der Waals surface area contributed by atoms with Crippen LogP contribution in [0.3, 0.4) is 0 Å². The zero-order valence-electron chi connectivity index (χ0n) is 13.7. The highest BCUT2D eigenvalue weighted by molar-refractivity contribution is 5.19. The number of hydroxylamine groups is 2. The molecule has 1 aliphatic heterocycles. The zero-order valence-corrected chi connectivity index (χ0v) is 13.7. The topological polar surface area (TPSA) is 40.2 Å². The molecular weight excluding hydrogens is 282 g/mol. The van der Waals surface area contributed by atoms with Crippen molar-refractivity contribution in [2.24, 2.45) is 0 Å². The lowest BCUT2D eigenvalue weighted by atomic mass is 10.2. The van der Waals surface area contributed by atoms with Gasteiger partial charge in [0.1, 0.15) is 5.75 Å². The predicted molar refractivity (Wildman–Crippen MR) is 83.0 cm³/mol. The molecule has 1 aromatic rings. The Balaban J connectivity index is 1.66. The van der Waals surface area contributed by atoms with Crippen molar-refractivity contribution in [3.05, 3.63) is 30.3 Å². The van der Waals surface area contributed by atoms with E-state index in [1.165, 1.54) is 19.3 Å². The fourth-order valence-electron chi connectivity index (χ4n) is 2.43. The van der Waals surface area contributed by atoms with Crippen molar-refractivity contribution < 1.29 is 19.0 Å². The Morgan fingerprint density at radius 3 is 2.36 bits per heavy atom. The first kappa shape index (κ1) is 17.2. The summed E-state index contributed by atoms with van der Waals surface area (Å²) in [6.45, 7) is 7.48. The molecule has 0 aliphatic carbocycles.